The number of carbonyl (C=O) groups is 1. The molecule has 0 aliphatic rings. The van der Waals surface area contributed by atoms with Crippen molar-refractivity contribution in [2.24, 2.45) is 0 Å². The van der Waals surface area contributed by atoms with Crippen molar-refractivity contribution in [1.29, 1.82) is 0 Å². The Morgan fingerprint density at radius 1 is 1.26 bits per heavy atom. The second-order valence-corrected chi connectivity index (χ2v) is 7.18. The maximum absolute atomic E-state index is 12.8. The molecule has 142 valence electrons. The molecule has 2 heterocycles. The number of halogens is 3. The van der Waals surface area contributed by atoms with Crippen LogP contribution in [-0.4, -0.2) is 10.9 Å². The van der Waals surface area contributed by atoms with Crippen molar-refractivity contribution in [3.63, 3.8) is 0 Å². The molecule has 0 aliphatic heterocycles. The third kappa shape index (κ3) is 5.43. The van der Waals surface area contributed by atoms with Gasteiger partial charge in [0.1, 0.15) is 11.5 Å². The number of rotatable bonds is 6. The van der Waals surface area contributed by atoms with Crippen molar-refractivity contribution in [2.45, 2.75) is 32.4 Å². The van der Waals surface area contributed by atoms with Crippen LogP contribution in [0.3, 0.4) is 0 Å². The number of nitrogens with zero attached hydrogens (tertiary/aromatic N) is 1. The summed E-state index contributed by atoms with van der Waals surface area (Å²) < 4.78 is 43.8. The Hall–Kier alpha value is -2.61. The molecule has 8 heteroatoms. The quantitative estimate of drug-likeness (QED) is 0.623. The van der Waals surface area contributed by atoms with E-state index in [1.807, 2.05) is 19.1 Å². The molecule has 3 aromatic rings. The molecule has 27 heavy (non-hydrogen) atoms. The third-order valence-electron chi connectivity index (χ3n) is 3.83. The number of anilines is 1. The lowest BCUT2D eigenvalue weighted by Crippen LogP contribution is -2.11. The predicted octanol–water partition coefficient (Wildman–Crippen LogP) is 5.23. The molecular weight excluding hydrogens is 377 g/mol. The Labute approximate surface area is 158 Å². The van der Waals surface area contributed by atoms with E-state index >= 15 is 0 Å². The van der Waals surface area contributed by atoms with Gasteiger partial charge in [0.15, 0.2) is 5.13 Å². The summed E-state index contributed by atoms with van der Waals surface area (Å²) in [6.45, 7) is 1.84. The van der Waals surface area contributed by atoms with Crippen LogP contribution in [0.1, 0.15) is 33.9 Å². The molecule has 1 N–H and O–H groups in total. The molecule has 0 bridgehead atoms. The van der Waals surface area contributed by atoms with E-state index in [9.17, 15) is 18.0 Å². The van der Waals surface area contributed by atoms with Gasteiger partial charge in [-0.15, -0.1) is 11.3 Å². The van der Waals surface area contributed by atoms with Gasteiger partial charge < -0.3 is 9.73 Å². The fraction of sp³-hybridized carbons (Fsp3) is 0.263. The lowest BCUT2D eigenvalue weighted by atomic mass is 10.1. The van der Waals surface area contributed by atoms with E-state index < -0.39 is 11.7 Å². The van der Waals surface area contributed by atoms with Crippen LogP contribution in [0.4, 0.5) is 18.3 Å². The molecule has 0 fully saturated rings. The maximum Gasteiger partial charge on any atom is 0.416 e. The molecule has 0 aliphatic carbocycles. The van der Waals surface area contributed by atoms with Gasteiger partial charge in [0.2, 0.25) is 5.91 Å². The van der Waals surface area contributed by atoms with Gasteiger partial charge in [0, 0.05) is 30.3 Å². The van der Waals surface area contributed by atoms with Crippen LogP contribution < -0.4 is 5.32 Å². The van der Waals surface area contributed by atoms with Crippen LogP contribution in [0, 0.1) is 6.92 Å². The first kappa shape index (κ1) is 19.2. The van der Waals surface area contributed by atoms with Crippen molar-refractivity contribution in [3.05, 3.63) is 70.1 Å². The lowest BCUT2D eigenvalue weighted by molar-refractivity contribution is -0.137. The Bertz CT molecular complexity index is 931. The van der Waals surface area contributed by atoms with Crippen LogP contribution in [-0.2, 0) is 23.8 Å². The van der Waals surface area contributed by atoms with E-state index in [-0.39, 0.29) is 12.3 Å². The van der Waals surface area contributed by atoms with Crippen molar-refractivity contribution in [1.82, 2.24) is 4.98 Å². The molecule has 0 radical (unpaired) electrons. The first-order valence-corrected chi connectivity index (χ1v) is 9.07. The van der Waals surface area contributed by atoms with Gasteiger partial charge in [0.25, 0.3) is 0 Å². The normalized spacial score (nSPS) is 11.6. The Morgan fingerprint density at radius 3 is 2.78 bits per heavy atom. The SMILES string of the molecule is Cc1ccc(CCC(=O)Nc2ncc(Cc3cccc(C(F)(F)F)c3)s2)o1. The average Bonchev–Trinajstić information content (AvgIpc) is 3.21. The first-order valence-electron chi connectivity index (χ1n) is 8.25. The Morgan fingerprint density at radius 2 is 2.07 bits per heavy atom. The summed E-state index contributed by atoms with van der Waals surface area (Å²) in [6.07, 6.45) is -1.73. The van der Waals surface area contributed by atoms with Crippen molar-refractivity contribution in [2.75, 3.05) is 5.32 Å². The predicted molar refractivity (Wildman–Crippen MR) is 96.8 cm³/mol. The van der Waals surface area contributed by atoms with Crippen molar-refractivity contribution < 1.29 is 22.4 Å². The fourth-order valence-corrected chi connectivity index (χ4v) is 3.41. The number of alkyl halides is 3. The largest absolute Gasteiger partial charge is 0.466 e. The summed E-state index contributed by atoms with van der Waals surface area (Å²) in [5.41, 5.74) is -0.134. The summed E-state index contributed by atoms with van der Waals surface area (Å²) in [6, 6.07) is 8.87. The molecule has 2 aromatic heterocycles. The minimum absolute atomic E-state index is 0.191. The van der Waals surface area contributed by atoms with Gasteiger partial charge in [-0.3, -0.25) is 4.79 Å². The zero-order valence-corrected chi connectivity index (χ0v) is 15.3. The molecule has 0 saturated heterocycles. The van der Waals surface area contributed by atoms with Crippen molar-refractivity contribution >= 4 is 22.4 Å². The second kappa shape index (κ2) is 7.96. The maximum atomic E-state index is 12.8. The number of aromatic nitrogens is 1. The number of benzene rings is 1. The highest BCUT2D eigenvalue weighted by molar-refractivity contribution is 7.15. The third-order valence-corrected chi connectivity index (χ3v) is 4.74. The average molecular weight is 394 g/mol. The van der Waals surface area contributed by atoms with Crippen LogP contribution in [0.25, 0.3) is 0 Å². The zero-order chi connectivity index (χ0) is 19.4. The van der Waals surface area contributed by atoms with E-state index in [1.54, 1.807) is 12.3 Å². The molecule has 3 rings (SSSR count). The summed E-state index contributed by atoms with van der Waals surface area (Å²) in [7, 11) is 0. The highest BCUT2D eigenvalue weighted by Crippen LogP contribution is 2.30. The van der Waals surface area contributed by atoms with Crippen LogP contribution in [0.2, 0.25) is 0 Å². The molecule has 0 unspecified atom stereocenters. The van der Waals surface area contributed by atoms with Crippen LogP contribution in [0.15, 0.2) is 47.0 Å². The monoisotopic (exact) mass is 394 g/mol. The number of nitrogens with one attached hydrogen (secondary N) is 1. The van der Waals surface area contributed by atoms with Gasteiger partial charge in [-0.05, 0) is 30.7 Å². The highest BCUT2D eigenvalue weighted by Gasteiger charge is 2.30. The molecule has 0 saturated carbocycles. The van der Waals surface area contributed by atoms with Gasteiger partial charge in [0.05, 0.1) is 5.56 Å². The number of thiazole rings is 1. The van der Waals surface area contributed by atoms with E-state index in [2.05, 4.69) is 10.3 Å². The summed E-state index contributed by atoms with van der Waals surface area (Å²) in [4.78, 5) is 16.9. The Balaban J connectivity index is 1.56. The molecule has 4 nitrogen and oxygen atoms in total. The minimum atomic E-state index is -4.37. The summed E-state index contributed by atoms with van der Waals surface area (Å²) in [5, 5.41) is 3.14. The number of hydrogen-bond donors (Lipinski definition) is 1. The summed E-state index contributed by atoms with van der Waals surface area (Å²) >= 11 is 1.25. The smallest absolute Gasteiger partial charge is 0.416 e. The summed E-state index contributed by atoms with van der Waals surface area (Å²) in [5.74, 6) is 1.35. The molecule has 1 amide bonds. The van der Waals surface area contributed by atoms with Crippen LogP contribution in [0.5, 0.6) is 0 Å². The standard InChI is InChI=1S/C19H17F3N2O2S/c1-12-5-6-15(26-12)7-8-17(25)24-18-23-11-16(27-18)10-13-3-2-4-14(9-13)19(20,21)22/h2-6,9,11H,7-8,10H2,1H3,(H,23,24,25). The lowest BCUT2D eigenvalue weighted by Gasteiger charge is -2.07. The molecule has 0 atom stereocenters. The Kier molecular flexibility index (Phi) is 5.65. The first-order chi connectivity index (χ1) is 12.8. The molecular formula is C19H17F3N2O2S. The number of carbonyl (C=O) groups excluding carboxylic acids is 1. The highest BCUT2D eigenvalue weighted by atomic mass is 32.1. The van der Waals surface area contributed by atoms with E-state index in [0.717, 1.165) is 28.5 Å². The fourth-order valence-electron chi connectivity index (χ4n) is 2.54. The molecule has 1 aromatic carbocycles. The number of furan rings is 1. The number of amides is 1. The topological polar surface area (TPSA) is 55.1 Å². The van der Waals surface area contributed by atoms with Gasteiger partial charge in [-0.2, -0.15) is 13.2 Å². The van der Waals surface area contributed by atoms with E-state index in [4.69, 9.17) is 4.42 Å². The van der Waals surface area contributed by atoms with Crippen molar-refractivity contribution in [3.8, 4) is 0 Å². The van der Waals surface area contributed by atoms with Gasteiger partial charge in [-0.1, -0.05) is 18.2 Å². The number of aryl methyl sites for hydroxylation is 2. The zero-order valence-electron chi connectivity index (χ0n) is 14.5. The van der Waals surface area contributed by atoms with E-state index in [1.165, 1.54) is 17.4 Å². The minimum Gasteiger partial charge on any atom is -0.466 e. The van der Waals surface area contributed by atoms with Gasteiger partial charge >= 0.3 is 6.18 Å². The van der Waals surface area contributed by atoms with Gasteiger partial charge in [-0.25, -0.2) is 4.98 Å². The number of hydrogen-bond acceptors (Lipinski definition) is 4. The molecule has 0 spiro atoms. The van der Waals surface area contributed by atoms with E-state index in [0.29, 0.717) is 23.5 Å². The second-order valence-electron chi connectivity index (χ2n) is 6.07. The van der Waals surface area contributed by atoms with Crippen LogP contribution >= 0.6 is 11.3 Å².